The summed E-state index contributed by atoms with van der Waals surface area (Å²) >= 11 is 0. The van der Waals surface area contributed by atoms with E-state index in [1.165, 1.54) is 0 Å². The zero-order valence-corrected chi connectivity index (χ0v) is 15.6. The number of benzene rings is 2. The quantitative estimate of drug-likeness (QED) is 0.761. The van der Waals surface area contributed by atoms with Crippen LogP contribution < -0.4 is 19.5 Å². The summed E-state index contributed by atoms with van der Waals surface area (Å²) in [5.74, 6) is 2.33. The standard InChI is InChI=1S/C21H27NO4/c1-21(2)11-16-5-4-6-19(20(16)26-21)25-14-17(23)13-22-12-15-7-9-18(24-3)10-8-15/h4-10,17,22-23H,11-14H2,1-3H3/t17-/m0/s1. The van der Waals surface area contributed by atoms with Gasteiger partial charge in [-0.25, -0.2) is 0 Å². The van der Waals surface area contributed by atoms with Crippen molar-refractivity contribution < 1.29 is 19.3 Å². The van der Waals surface area contributed by atoms with Crippen LogP contribution in [0.1, 0.15) is 25.0 Å². The van der Waals surface area contributed by atoms with Gasteiger partial charge in [0.25, 0.3) is 0 Å². The predicted molar refractivity (Wildman–Crippen MR) is 101 cm³/mol. The Kier molecular flexibility index (Phi) is 5.69. The largest absolute Gasteiger partial charge is 0.497 e. The number of methoxy groups -OCH3 is 1. The number of ether oxygens (including phenoxy) is 3. The smallest absolute Gasteiger partial charge is 0.165 e. The van der Waals surface area contributed by atoms with Crippen molar-refractivity contribution in [3.63, 3.8) is 0 Å². The number of fused-ring (bicyclic) bond motifs is 1. The molecule has 0 fully saturated rings. The molecule has 0 bridgehead atoms. The molecule has 0 unspecified atom stereocenters. The summed E-state index contributed by atoms with van der Waals surface area (Å²) < 4.78 is 16.9. The zero-order chi connectivity index (χ0) is 18.6. The van der Waals surface area contributed by atoms with E-state index in [0.29, 0.717) is 18.8 Å². The number of hydrogen-bond donors (Lipinski definition) is 2. The Morgan fingerprint density at radius 1 is 1.19 bits per heavy atom. The predicted octanol–water partition coefficient (Wildman–Crippen LogP) is 2.94. The average molecular weight is 357 g/mol. The zero-order valence-electron chi connectivity index (χ0n) is 15.6. The summed E-state index contributed by atoms with van der Waals surface area (Å²) in [4.78, 5) is 0. The van der Waals surface area contributed by atoms with Crippen molar-refractivity contribution in [2.24, 2.45) is 0 Å². The fourth-order valence-electron chi connectivity index (χ4n) is 3.07. The highest BCUT2D eigenvalue weighted by Crippen LogP contribution is 2.41. The number of para-hydroxylation sites is 1. The minimum absolute atomic E-state index is 0.208. The van der Waals surface area contributed by atoms with E-state index in [1.54, 1.807) is 7.11 Å². The highest BCUT2D eigenvalue weighted by Gasteiger charge is 2.32. The van der Waals surface area contributed by atoms with Crippen LogP contribution in [0.15, 0.2) is 42.5 Å². The number of aliphatic hydroxyl groups is 1. The fraction of sp³-hybridized carbons (Fsp3) is 0.429. The molecule has 0 saturated heterocycles. The lowest BCUT2D eigenvalue weighted by molar-refractivity contribution is 0.0971. The summed E-state index contributed by atoms with van der Waals surface area (Å²) in [7, 11) is 1.65. The maximum atomic E-state index is 10.2. The maximum absolute atomic E-state index is 10.2. The van der Waals surface area contributed by atoms with Crippen LogP contribution >= 0.6 is 0 Å². The van der Waals surface area contributed by atoms with Crippen LogP contribution in [0.4, 0.5) is 0 Å². The molecule has 26 heavy (non-hydrogen) atoms. The minimum Gasteiger partial charge on any atom is -0.497 e. The molecule has 2 aromatic carbocycles. The lowest BCUT2D eigenvalue weighted by Crippen LogP contribution is -2.31. The Balaban J connectivity index is 1.45. The van der Waals surface area contributed by atoms with Gasteiger partial charge in [-0.05, 0) is 37.6 Å². The van der Waals surface area contributed by atoms with Gasteiger partial charge in [0.1, 0.15) is 24.1 Å². The van der Waals surface area contributed by atoms with Crippen LogP contribution in [0, 0.1) is 0 Å². The number of rotatable bonds is 8. The van der Waals surface area contributed by atoms with Gasteiger partial charge in [0, 0.05) is 25.1 Å². The van der Waals surface area contributed by atoms with Crippen molar-refractivity contribution in [2.45, 2.75) is 38.5 Å². The summed E-state index contributed by atoms with van der Waals surface area (Å²) in [5.41, 5.74) is 2.08. The van der Waals surface area contributed by atoms with Crippen molar-refractivity contribution in [3.8, 4) is 17.2 Å². The fourth-order valence-corrected chi connectivity index (χ4v) is 3.07. The lowest BCUT2D eigenvalue weighted by atomic mass is 10.0. The first-order valence-corrected chi connectivity index (χ1v) is 8.92. The first kappa shape index (κ1) is 18.5. The van der Waals surface area contributed by atoms with Crippen LogP contribution in [0.3, 0.4) is 0 Å². The summed E-state index contributed by atoms with van der Waals surface area (Å²) in [5, 5.41) is 13.4. The number of nitrogens with one attached hydrogen (secondary N) is 1. The molecule has 0 aliphatic carbocycles. The van der Waals surface area contributed by atoms with E-state index in [0.717, 1.165) is 29.0 Å². The molecule has 1 heterocycles. The molecule has 2 aromatic rings. The van der Waals surface area contributed by atoms with E-state index >= 15 is 0 Å². The molecule has 5 nitrogen and oxygen atoms in total. The van der Waals surface area contributed by atoms with Gasteiger partial charge in [-0.1, -0.05) is 24.3 Å². The highest BCUT2D eigenvalue weighted by molar-refractivity contribution is 5.50. The van der Waals surface area contributed by atoms with Crippen LogP contribution in [0.25, 0.3) is 0 Å². The normalized spacial score (nSPS) is 15.8. The minimum atomic E-state index is -0.599. The Morgan fingerprint density at radius 2 is 1.96 bits per heavy atom. The Hall–Kier alpha value is -2.24. The van der Waals surface area contributed by atoms with E-state index < -0.39 is 6.10 Å². The van der Waals surface area contributed by atoms with E-state index in [1.807, 2.05) is 36.4 Å². The topological polar surface area (TPSA) is 60.0 Å². The van der Waals surface area contributed by atoms with Crippen LogP contribution in [0.5, 0.6) is 17.2 Å². The van der Waals surface area contributed by atoms with Gasteiger partial charge in [-0.15, -0.1) is 0 Å². The summed E-state index contributed by atoms with van der Waals surface area (Å²) in [6.07, 6.45) is 0.268. The molecule has 2 N–H and O–H groups in total. The van der Waals surface area contributed by atoms with Gasteiger partial charge < -0.3 is 24.6 Å². The Morgan fingerprint density at radius 3 is 2.69 bits per heavy atom. The molecular weight excluding hydrogens is 330 g/mol. The van der Waals surface area contributed by atoms with Gasteiger partial charge in [0.15, 0.2) is 11.5 Å². The van der Waals surface area contributed by atoms with Gasteiger partial charge in [-0.3, -0.25) is 0 Å². The van der Waals surface area contributed by atoms with Gasteiger partial charge in [-0.2, -0.15) is 0 Å². The van der Waals surface area contributed by atoms with E-state index in [2.05, 4.69) is 25.2 Å². The average Bonchev–Trinajstić information content (AvgIpc) is 2.95. The van der Waals surface area contributed by atoms with Gasteiger partial charge in [0.2, 0.25) is 0 Å². The molecule has 0 amide bonds. The molecular formula is C21H27NO4. The molecule has 3 rings (SSSR count). The molecule has 1 aliphatic heterocycles. The third-order valence-corrected chi connectivity index (χ3v) is 4.35. The second-order valence-corrected chi connectivity index (χ2v) is 7.23. The second-order valence-electron chi connectivity index (χ2n) is 7.23. The number of hydrogen-bond acceptors (Lipinski definition) is 5. The highest BCUT2D eigenvalue weighted by atomic mass is 16.5. The summed E-state index contributed by atoms with van der Waals surface area (Å²) in [6, 6.07) is 13.8. The van der Waals surface area contributed by atoms with Crippen LogP contribution in [-0.4, -0.2) is 37.1 Å². The van der Waals surface area contributed by atoms with Crippen molar-refractivity contribution >= 4 is 0 Å². The molecule has 1 atom stereocenters. The van der Waals surface area contributed by atoms with Crippen molar-refractivity contribution in [1.82, 2.24) is 5.32 Å². The molecule has 0 saturated carbocycles. The van der Waals surface area contributed by atoms with Crippen molar-refractivity contribution in [1.29, 1.82) is 0 Å². The van der Waals surface area contributed by atoms with E-state index in [-0.39, 0.29) is 12.2 Å². The Labute approximate surface area is 154 Å². The molecule has 0 aromatic heterocycles. The van der Waals surface area contributed by atoms with Crippen molar-refractivity contribution in [2.75, 3.05) is 20.3 Å². The molecule has 140 valence electrons. The molecule has 0 spiro atoms. The lowest BCUT2D eigenvalue weighted by Gasteiger charge is -2.19. The first-order valence-electron chi connectivity index (χ1n) is 8.92. The number of aliphatic hydroxyl groups excluding tert-OH is 1. The van der Waals surface area contributed by atoms with E-state index in [9.17, 15) is 5.11 Å². The first-order chi connectivity index (χ1) is 12.5. The monoisotopic (exact) mass is 357 g/mol. The third kappa shape index (κ3) is 4.68. The molecule has 0 radical (unpaired) electrons. The van der Waals surface area contributed by atoms with Gasteiger partial charge in [0.05, 0.1) is 7.11 Å². The van der Waals surface area contributed by atoms with E-state index in [4.69, 9.17) is 14.2 Å². The molecule has 1 aliphatic rings. The Bertz CT molecular complexity index is 727. The van der Waals surface area contributed by atoms with Crippen LogP contribution in [-0.2, 0) is 13.0 Å². The summed E-state index contributed by atoms with van der Waals surface area (Å²) in [6.45, 7) is 5.48. The second kappa shape index (κ2) is 7.98. The molecule has 5 heteroatoms. The van der Waals surface area contributed by atoms with Crippen LogP contribution in [0.2, 0.25) is 0 Å². The van der Waals surface area contributed by atoms with Crippen molar-refractivity contribution in [3.05, 3.63) is 53.6 Å². The third-order valence-electron chi connectivity index (χ3n) is 4.35. The maximum Gasteiger partial charge on any atom is 0.165 e. The SMILES string of the molecule is COc1ccc(CNC[C@H](O)COc2cccc3c2OC(C)(C)C3)cc1. The van der Waals surface area contributed by atoms with Gasteiger partial charge >= 0.3 is 0 Å².